The monoisotopic (exact) mass is 466 g/mol. The number of hydrogen-bond donors (Lipinski definition) is 3. The summed E-state index contributed by atoms with van der Waals surface area (Å²) in [6, 6.07) is 0. The average Bonchev–Trinajstić information content (AvgIpc) is 3.70. The van der Waals surface area contributed by atoms with E-state index < -0.39 is 24.4 Å². The summed E-state index contributed by atoms with van der Waals surface area (Å²) in [5, 5.41) is 29.4. The summed E-state index contributed by atoms with van der Waals surface area (Å²) in [5.41, 5.74) is 0. The predicted octanol–water partition coefficient (Wildman–Crippen LogP) is -1.48. The van der Waals surface area contributed by atoms with Gasteiger partial charge < -0.3 is 53.2 Å². The van der Waals surface area contributed by atoms with Gasteiger partial charge in [-0.25, -0.2) is 0 Å². The lowest BCUT2D eigenvalue weighted by atomic mass is 10.3. The predicted molar refractivity (Wildman–Crippen MR) is 112 cm³/mol. The summed E-state index contributed by atoms with van der Waals surface area (Å²) in [5.74, 6) is 0. The molecule has 0 saturated carbocycles. The first-order valence-corrected chi connectivity index (χ1v) is 11.0. The quantitative estimate of drug-likeness (QED) is 0.0922. The van der Waals surface area contributed by atoms with Gasteiger partial charge in [0.15, 0.2) is 0 Å². The zero-order chi connectivity index (χ0) is 23.0. The van der Waals surface area contributed by atoms with Gasteiger partial charge in [-0.2, -0.15) is 0 Å². The minimum absolute atomic E-state index is 0.00619. The Labute approximate surface area is 189 Å². The van der Waals surface area contributed by atoms with Gasteiger partial charge in [0.25, 0.3) is 0 Å². The van der Waals surface area contributed by atoms with Crippen molar-refractivity contribution in [2.24, 2.45) is 0 Å². The smallest absolute Gasteiger partial charge is 0.104 e. The third kappa shape index (κ3) is 14.4. The van der Waals surface area contributed by atoms with Crippen molar-refractivity contribution in [3.8, 4) is 0 Å². The highest BCUT2D eigenvalue weighted by atomic mass is 16.6. The fourth-order valence-electron chi connectivity index (χ4n) is 2.50. The minimum atomic E-state index is -0.880. The molecule has 32 heavy (non-hydrogen) atoms. The molecule has 3 N–H and O–H groups in total. The Morgan fingerprint density at radius 3 is 1.81 bits per heavy atom. The maximum absolute atomic E-state index is 10.1. The van der Waals surface area contributed by atoms with E-state index in [0.29, 0.717) is 33.0 Å². The lowest BCUT2D eigenvalue weighted by Crippen LogP contribution is -2.34. The number of aliphatic hydroxyl groups is 3. The van der Waals surface area contributed by atoms with E-state index in [0.717, 1.165) is 0 Å². The summed E-state index contributed by atoms with van der Waals surface area (Å²) in [4.78, 5) is 0. The molecule has 6 atom stereocenters. The summed E-state index contributed by atoms with van der Waals surface area (Å²) < 4.78 is 42.9. The average molecular weight is 467 g/mol. The van der Waals surface area contributed by atoms with E-state index in [4.69, 9.17) is 37.9 Å². The van der Waals surface area contributed by atoms with Gasteiger partial charge in [-0.05, 0) is 0 Å². The number of aliphatic hydroxyl groups excluding tert-OH is 3. The maximum atomic E-state index is 10.1. The van der Waals surface area contributed by atoms with E-state index in [2.05, 4.69) is 6.58 Å². The summed E-state index contributed by atoms with van der Waals surface area (Å²) in [6.45, 7) is 6.94. The van der Waals surface area contributed by atoms with Crippen molar-refractivity contribution in [2.75, 3.05) is 85.9 Å². The molecule has 2 fully saturated rings. The van der Waals surface area contributed by atoms with Gasteiger partial charge in [0.1, 0.15) is 36.6 Å². The molecule has 2 rings (SSSR count). The molecule has 0 amide bonds. The Balaban J connectivity index is 1.55. The lowest BCUT2D eigenvalue weighted by Gasteiger charge is -2.21. The second kappa shape index (κ2) is 16.8. The summed E-state index contributed by atoms with van der Waals surface area (Å²) in [7, 11) is 0. The molecule has 188 valence electrons. The Morgan fingerprint density at radius 2 is 1.25 bits per heavy atom. The zero-order valence-electron chi connectivity index (χ0n) is 18.5. The van der Waals surface area contributed by atoms with Crippen LogP contribution in [-0.2, 0) is 37.9 Å². The Hall–Kier alpha value is -0.700. The maximum Gasteiger partial charge on any atom is 0.104 e. The summed E-state index contributed by atoms with van der Waals surface area (Å²) >= 11 is 0. The van der Waals surface area contributed by atoms with Crippen molar-refractivity contribution in [1.82, 2.24) is 0 Å². The molecule has 2 saturated heterocycles. The van der Waals surface area contributed by atoms with Gasteiger partial charge in [0.2, 0.25) is 0 Å². The molecule has 0 radical (unpaired) electrons. The van der Waals surface area contributed by atoms with Crippen molar-refractivity contribution in [3.05, 3.63) is 12.7 Å². The Morgan fingerprint density at radius 1 is 0.750 bits per heavy atom. The van der Waals surface area contributed by atoms with Gasteiger partial charge in [0, 0.05) is 0 Å². The molecule has 6 unspecified atom stereocenters. The second-order valence-electron chi connectivity index (χ2n) is 7.75. The molecule has 0 aromatic rings. The van der Waals surface area contributed by atoms with Crippen LogP contribution in [0, 0.1) is 0 Å². The highest BCUT2D eigenvalue weighted by molar-refractivity contribution is 4.69. The highest BCUT2D eigenvalue weighted by Crippen LogP contribution is 2.10. The number of ether oxygens (including phenoxy) is 8. The molecule has 2 aliphatic rings. The van der Waals surface area contributed by atoms with E-state index in [1.165, 1.54) is 0 Å². The van der Waals surface area contributed by atoms with E-state index in [1.54, 1.807) is 6.08 Å². The first kappa shape index (κ1) is 27.5. The van der Waals surface area contributed by atoms with Gasteiger partial charge >= 0.3 is 0 Å². The van der Waals surface area contributed by atoms with Gasteiger partial charge in [-0.15, -0.1) is 6.58 Å². The van der Waals surface area contributed by atoms with Crippen LogP contribution in [0.2, 0.25) is 0 Å². The second-order valence-corrected chi connectivity index (χ2v) is 7.75. The van der Waals surface area contributed by atoms with Crippen LogP contribution in [0.15, 0.2) is 12.7 Å². The number of rotatable bonds is 23. The molecule has 11 heteroatoms. The van der Waals surface area contributed by atoms with E-state index in [1.807, 2.05) is 0 Å². The van der Waals surface area contributed by atoms with Gasteiger partial charge in [-0.1, -0.05) is 6.08 Å². The van der Waals surface area contributed by atoms with Crippen LogP contribution < -0.4 is 0 Å². The molecule has 0 aromatic heterocycles. The molecule has 11 nitrogen and oxygen atoms in total. The molecule has 2 aliphatic heterocycles. The molecule has 0 aromatic carbocycles. The van der Waals surface area contributed by atoms with Crippen molar-refractivity contribution < 1.29 is 53.2 Å². The molecule has 0 bridgehead atoms. The van der Waals surface area contributed by atoms with E-state index in [9.17, 15) is 15.3 Å². The third-order valence-corrected chi connectivity index (χ3v) is 4.43. The number of hydrogen-bond acceptors (Lipinski definition) is 11. The minimum Gasteiger partial charge on any atom is -0.394 e. The largest absolute Gasteiger partial charge is 0.394 e. The van der Waals surface area contributed by atoms with Crippen LogP contribution in [0.4, 0.5) is 0 Å². The zero-order valence-corrected chi connectivity index (χ0v) is 18.5. The molecule has 0 spiro atoms. The first-order chi connectivity index (χ1) is 15.6. The van der Waals surface area contributed by atoms with Crippen LogP contribution >= 0.6 is 0 Å². The van der Waals surface area contributed by atoms with Crippen LogP contribution in [-0.4, -0.2) is 138 Å². The van der Waals surface area contributed by atoms with Crippen molar-refractivity contribution >= 4 is 0 Å². The fraction of sp³-hybridized carbons (Fsp3) is 0.905. The van der Waals surface area contributed by atoms with Crippen LogP contribution in [0.1, 0.15) is 0 Å². The topological polar surface area (TPSA) is 141 Å². The van der Waals surface area contributed by atoms with Gasteiger partial charge in [0.05, 0.1) is 85.9 Å². The summed E-state index contributed by atoms with van der Waals surface area (Å²) in [6.07, 6.45) is -0.710. The highest BCUT2D eigenvalue weighted by Gasteiger charge is 2.24. The fourth-order valence-corrected chi connectivity index (χ4v) is 2.50. The van der Waals surface area contributed by atoms with E-state index >= 15 is 0 Å². The van der Waals surface area contributed by atoms with Crippen LogP contribution in [0.3, 0.4) is 0 Å². The molecular weight excluding hydrogens is 428 g/mol. The standard InChI is InChI=1S/C21H38O11/c1-2-3-25-10-19(30-8-17(24)6-27-12-20-14-31-20)11-26-5-16(23)7-29-18(4-22)9-28-13-21-15-32-21/h2,16-24H,1,3-15H2. The first-order valence-electron chi connectivity index (χ1n) is 11.0. The lowest BCUT2D eigenvalue weighted by molar-refractivity contribution is -0.110. The SMILES string of the molecule is C=CCOCC(COCC(O)COC(CO)COCC1CO1)OCC(O)COCC1CO1. The Bertz CT molecular complexity index is 473. The Kier molecular flexibility index (Phi) is 14.5. The molecular formula is C21H38O11. The van der Waals surface area contributed by atoms with Gasteiger partial charge in [-0.3, -0.25) is 0 Å². The van der Waals surface area contributed by atoms with Crippen molar-refractivity contribution in [2.45, 2.75) is 36.6 Å². The van der Waals surface area contributed by atoms with Crippen molar-refractivity contribution in [1.29, 1.82) is 0 Å². The normalized spacial score (nSPS) is 23.5. The van der Waals surface area contributed by atoms with Crippen LogP contribution in [0.25, 0.3) is 0 Å². The van der Waals surface area contributed by atoms with Crippen LogP contribution in [0.5, 0.6) is 0 Å². The molecule has 0 aliphatic carbocycles. The third-order valence-electron chi connectivity index (χ3n) is 4.43. The molecule has 2 heterocycles. The van der Waals surface area contributed by atoms with E-state index in [-0.39, 0.29) is 65.1 Å². The van der Waals surface area contributed by atoms with Crippen molar-refractivity contribution in [3.63, 3.8) is 0 Å². The number of epoxide rings is 2.